The van der Waals surface area contributed by atoms with Gasteiger partial charge in [-0.25, -0.2) is 4.98 Å². The Bertz CT molecular complexity index is 411. The minimum atomic E-state index is -0.417. The zero-order chi connectivity index (χ0) is 13.0. The molecule has 0 bridgehead atoms. The van der Waals surface area contributed by atoms with E-state index in [9.17, 15) is 4.79 Å². The number of pyridine rings is 1. The first-order valence-corrected chi connectivity index (χ1v) is 6.16. The first-order valence-electron chi connectivity index (χ1n) is 6.16. The maximum atomic E-state index is 12.0. The van der Waals surface area contributed by atoms with Crippen molar-refractivity contribution in [1.82, 2.24) is 15.6 Å². The lowest BCUT2D eigenvalue weighted by Gasteiger charge is -2.23. The van der Waals surface area contributed by atoms with Gasteiger partial charge in [-0.15, -0.1) is 0 Å². The number of methoxy groups -OCH3 is 1. The van der Waals surface area contributed by atoms with Gasteiger partial charge in [0.05, 0.1) is 12.6 Å². The average molecular weight is 249 g/mol. The summed E-state index contributed by atoms with van der Waals surface area (Å²) in [4.78, 5) is 16.1. The molecule has 1 aliphatic heterocycles. The van der Waals surface area contributed by atoms with Crippen LogP contribution < -0.4 is 15.4 Å². The van der Waals surface area contributed by atoms with Crippen LogP contribution in [0.2, 0.25) is 0 Å². The molecule has 0 aromatic carbocycles. The van der Waals surface area contributed by atoms with Gasteiger partial charge in [-0.2, -0.15) is 0 Å². The number of hydrogen-bond donors (Lipinski definition) is 2. The quantitative estimate of drug-likeness (QED) is 0.830. The molecule has 5 nitrogen and oxygen atoms in total. The van der Waals surface area contributed by atoms with Crippen molar-refractivity contribution in [2.45, 2.75) is 31.8 Å². The maximum Gasteiger partial charge on any atom is 0.240 e. The number of rotatable bonds is 4. The number of amides is 1. The molecule has 1 aliphatic rings. The predicted octanol–water partition coefficient (Wildman–Crippen LogP) is 0.848. The van der Waals surface area contributed by atoms with E-state index in [1.165, 1.54) is 0 Å². The second kappa shape index (κ2) is 5.35. The van der Waals surface area contributed by atoms with Gasteiger partial charge in [0.2, 0.25) is 11.8 Å². The van der Waals surface area contributed by atoms with Crippen LogP contribution in [0.5, 0.6) is 5.88 Å². The summed E-state index contributed by atoms with van der Waals surface area (Å²) >= 11 is 0. The molecule has 1 atom stereocenters. The van der Waals surface area contributed by atoms with Crippen LogP contribution in [-0.2, 0) is 11.3 Å². The smallest absolute Gasteiger partial charge is 0.240 e. The highest BCUT2D eigenvalue weighted by atomic mass is 16.5. The van der Waals surface area contributed by atoms with Crippen LogP contribution in [0.3, 0.4) is 0 Å². The molecule has 2 N–H and O–H groups in total. The third kappa shape index (κ3) is 2.79. The molecule has 1 aromatic heterocycles. The van der Waals surface area contributed by atoms with E-state index < -0.39 is 5.54 Å². The number of hydrogen-bond acceptors (Lipinski definition) is 4. The van der Waals surface area contributed by atoms with Crippen molar-refractivity contribution in [3.63, 3.8) is 0 Å². The van der Waals surface area contributed by atoms with Gasteiger partial charge in [0.1, 0.15) is 0 Å². The summed E-state index contributed by atoms with van der Waals surface area (Å²) in [6.07, 6.45) is 3.65. The average Bonchev–Trinajstić information content (AvgIpc) is 2.85. The molecule has 0 spiro atoms. The molecule has 1 aromatic rings. The van der Waals surface area contributed by atoms with E-state index in [-0.39, 0.29) is 5.91 Å². The number of ether oxygens (including phenoxy) is 1. The van der Waals surface area contributed by atoms with Crippen LogP contribution in [0.25, 0.3) is 0 Å². The monoisotopic (exact) mass is 249 g/mol. The summed E-state index contributed by atoms with van der Waals surface area (Å²) in [5.41, 5.74) is 0.547. The molecule has 0 radical (unpaired) electrons. The Morgan fingerprint density at radius 2 is 2.44 bits per heavy atom. The highest BCUT2D eigenvalue weighted by molar-refractivity contribution is 5.86. The van der Waals surface area contributed by atoms with Gasteiger partial charge in [0, 0.05) is 18.8 Å². The van der Waals surface area contributed by atoms with Crippen LogP contribution in [0.4, 0.5) is 0 Å². The summed E-state index contributed by atoms with van der Waals surface area (Å²) in [5.74, 6) is 0.630. The number of carbonyl (C=O) groups excluding carboxylic acids is 1. The fraction of sp³-hybridized carbons (Fsp3) is 0.538. The molecule has 2 heterocycles. The Labute approximate surface area is 107 Å². The summed E-state index contributed by atoms with van der Waals surface area (Å²) in [6, 6.07) is 3.69. The number of aromatic nitrogens is 1. The van der Waals surface area contributed by atoms with Gasteiger partial charge in [0.25, 0.3) is 0 Å². The second-order valence-electron chi connectivity index (χ2n) is 4.75. The summed E-state index contributed by atoms with van der Waals surface area (Å²) < 4.78 is 4.98. The van der Waals surface area contributed by atoms with E-state index in [0.29, 0.717) is 12.4 Å². The Hall–Kier alpha value is -1.62. The van der Waals surface area contributed by atoms with Gasteiger partial charge in [0.15, 0.2) is 0 Å². The van der Waals surface area contributed by atoms with E-state index in [2.05, 4.69) is 15.6 Å². The predicted molar refractivity (Wildman–Crippen MR) is 68.3 cm³/mol. The molecule has 1 unspecified atom stereocenters. The van der Waals surface area contributed by atoms with Crippen molar-refractivity contribution in [3.05, 3.63) is 23.9 Å². The maximum absolute atomic E-state index is 12.0. The molecule has 98 valence electrons. The Morgan fingerprint density at radius 3 is 3.00 bits per heavy atom. The molecule has 0 aliphatic carbocycles. The largest absolute Gasteiger partial charge is 0.481 e. The lowest BCUT2D eigenvalue weighted by atomic mass is 9.99. The summed E-state index contributed by atoms with van der Waals surface area (Å²) in [7, 11) is 1.58. The lowest BCUT2D eigenvalue weighted by Crippen LogP contribution is -2.50. The zero-order valence-electron chi connectivity index (χ0n) is 10.8. The van der Waals surface area contributed by atoms with Crippen molar-refractivity contribution in [1.29, 1.82) is 0 Å². The number of nitrogens with zero attached hydrogens (tertiary/aromatic N) is 1. The van der Waals surface area contributed by atoms with E-state index in [0.717, 1.165) is 24.9 Å². The minimum Gasteiger partial charge on any atom is -0.481 e. The Morgan fingerprint density at radius 1 is 1.61 bits per heavy atom. The van der Waals surface area contributed by atoms with Gasteiger partial charge in [-0.1, -0.05) is 6.07 Å². The molecular formula is C13H19N3O2. The fourth-order valence-corrected chi connectivity index (χ4v) is 2.10. The van der Waals surface area contributed by atoms with E-state index in [4.69, 9.17) is 4.74 Å². The van der Waals surface area contributed by atoms with Gasteiger partial charge < -0.3 is 15.4 Å². The van der Waals surface area contributed by atoms with E-state index in [1.807, 2.05) is 13.0 Å². The van der Waals surface area contributed by atoms with Crippen molar-refractivity contribution in [3.8, 4) is 5.88 Å². The van der Waals surface area contributed by atoms with Crippen LogP contribution in [0.15, 0.2) is 18.3 Å². The number of nitrogens with one attached hydrogen (secondary N) is 2. The van der Waals surface area contributed by atoms with Gasteiger partial charge >= 0.3 is 0 Å². The molecule has 2 rings (SSSR count). The fourth-order valence-electron chi connectivity index (χ4n) is 2.10. The molecule has 5 heteroatoms. The highest BCUT2D eigenvalue weighted by Crippen LogP contribution is 2.18. The molecule has 1 fully saturated rings. The minimum absolute atomic E-state index is 0.0517. The van der Waals surface area contributed by atoms with Gasteiger partial charge in [-0.3, -0.25) is 4.79 Å². The van der Waals surface area contributed by atoms with E-state index >= 15 is 0 Å². The zero-order valence-corrected chi connectivity index (χ0v) is 10.8. The van der Waals surface area contributed by atoms with Crippen LogP contribution in [0.1, 0.15) is 25.3 Å². The molecule has 0 saturated carbocycles. The molecule has 1 saturated heterocycles. The molecule has 1 amide bonds. The number of carbonyl (C=O) groups is 1. The molecular weight excluding hydrogens is 230 g/mol. The van der Waals surface area contributed by atoms with Crippen molar-refractivity contribution in [2.75, 3.05) is 13.7 Å². The van der Waals surface area contributed by atoms with Crippen LogP contribution in [0, 0.1) is 0 Å². The Kier molecular flexibility index (Phi) is 3.81. The van der Waals surface area contributed by atoms with Crippen LogP contribution >= 0.6 is 0 Å². The van der Waals surface area contributed by atoms with Crippen LogP contribution in [-0.4, -0.2) is 30.1 Å². The first-order chi connectivity index (χ1) is 8.64. The topological polar surface area (TPSA) is 63.2 Å². The van der Waals surface area contributed by atoms with Crippen molar-refractivity contribution in [2.24, 2.45) is 0 Å². The molecule has 18 heavy (non-hydrogen) atoms. The normalized spacial score (nSPS) is 22.8. The van der Waals surface area contributed by atoms with E-state index in [1.54, 1.807) is 19.4 Å². The summed E-state index contributed by atoms with van der Waals surface area (Å²) in [6.45, 7) is 3.35. The van der Waals surface area contributed by atoms with Gasteiger partial charge in [-0.05, 0) is 31.9 Å². The third-order valence-corrected chi connectivity index (χ3v) is 3.33. The SMILES string of the molecule is COc1ccc(CNC(=O)C2(C)CCCN2)cn1. The highest BCUT2D eigenvalue weighted by Gasteiger charge is 2.35. The first kappa shape index (κ1) is 12.8. The Balaban J connectivity index is 1.88. The summed E-state index contributed by atoms with van der Waals surface area (Å²) in [5, 5.41) is 6.18. The lowest BCUT2D eigenvalue weighted by molar-refractivity contribution is -0.126. The standard InChI is InChI=1S/C13H19N3O2/c1-13(6-3-7-16-13)12(17)15-9-10-4-5-11(18-2)14-8-10/h4-5,8,16H,3,6-7,9H2,1-2H3,(H,15,17). The third-order valence-electron chi connectivity index (χ3n) is 3.33. The van der Waals surface area contributed by atoms with Crippen molar-refractivity contribution >= 4 is 5.91 Å². The van der Waals surface area contributed by atoms with Crippen molar-refractivity contribution < 1.29 is 9.53 Å². The second-order valence-corrected chi connectivity index (χ2v) is 4.75.